The van der Waals surface area contributed by atoms with Gasteiger partial charge in [0.2, 0.25) is 0 Å². The van der Waals surface area contributed by atoms with E-state index in [9.17, 15) is 4.79 Å². The summed E-state index contributed by atoms with van der Waals surface area (Å²) < 4.78 is 10.6. The van der Waals surface area contributed by atoms with E-state index in [0.29, 0.717) is 18.0 Å². The van der Waals surface area contributed by atoms with Crippen LogP contribution >= 0.6 is 0 Å². The Labute approximate surface area is 148 Å². The van der Waals surface area contributed by atoms with Crippen LogP contribution in [0.1, 0.15) is 16.7 Å². The first kappa shape index (κ1) is 19.8. The third-order valence-corrected chi connectivity index (χ3v) is 3.38. The van der Waals surface area contributed by atoms with Crippen molar-refractivity contribution >= 4 is 5.91 Å². The lowest BCUT2D eigenvalue weighted by Gasteiger charge is -2.12. The first-order valence-corrected chi connectivity index (χ1v) is 7.43. The summed E-state index contributed by atoms with van der Waals surface area (Å²) >= 11 is 0. The van der Waals surface area contributed by atoms with Crippen molar-refractivity contribution in [3.8, 4) is 11.5 Å². The van der Waals surface area contributed by atoms with Gasteiger partial charge in [-0.05, 0) is 30.2 Å². The number of primary amides is 1. The molecular formula is C18H22ClN2O3-. The van der Waals surface area contributed by atoms with Crippen LogP contribution in [0.15, 0.2) is 42.5 Å². The Bertz CT molecular complexity index is 660. The molecule has 0 spiro atoms. The molecule has 0 saturated heterocycles. The van der Waals surface area contributed by atoms with Crippen molar-refractivity contribution in [1.82, 2.24) is 5.32 Å². The van der Waals surface area contributed by atoms with E-state index < -0.39 is 5.91 Å². The zero-order chi connectivity index (χ0) is 16.7. The molecule has 2 aromatic carbocycles. The van der Waals surface area contributed by atoms with Crippen LogP contribution in [-0.4, -0.2) is 19.6 Å². The number of methoxy groups -OCH3 is 1. The molecule has 0 aliphatic heterocycles. The first-order chi connectivity index (χ1) is 11.1. The van der Waals surface area contributed by atoms with Gasteiger partial charge < -0.3 is 32.9 Å². The van der Waals surface area contributed by atoms with Gasteiger partial charge in [0.25, 0.3) is 5.91 Å². The number of rotatable bonds is 8. The van der Waals surface area contributed by atoms with Crippen molar-refractivity contribution in [1.29, 1.82) is 0 Å². The number of amides is 1. The van der Waals surface area contributed by atoms with Gasteiger partial charge >= 0.3 is 0 Å². The van der Waals surface area contributed by atoms with E-state index in [1.807, 2.05) is 12.1 Å². The molecule has 0 unspecified atom stereocenters. The van der Waals surface area contributed by atoms with Crippen LogP contribution in [0.2, 0.25) is 0 Å². The maximum atomic E-state index is 10.8. The highest BCUT2D eigenvalue weighted by molar-refractivity contribution is 5.75. The number of nitrogens with two attached hydrogens (primary N) is 1. The van der Waals surface area contributed by atoms with Crippen LogP contribution in [0.5, 0.6) is 11.5 Å². The maximum absolute atomic E-state index is 10.8. The number of halogens is 1. The van der Waals surface area contributed by atoms with E-state index in [0.717, 1.165) is 12.1 Å². The van der Waals surface area contributed by atoms with Crippen molar-refractivity contribution in [2.24, 2.45) is 5.73 Å². The van der Waals surface area contributed by atoms with Gasteiger partial charge in [-0.2, -0.15) is 0 Å². The third kappa shape index (κ3) is 6.10. The fourth-order valence-corrected chi connectivity index (χ4v) is 2.15. The molecule has 130 valence electrons. The van der Waals surface area contributed by atoms with Gasteiger partial charge in [-0.1, -0.05) is 35.9 Å². The summed E-state index contributed by atoms with van der Waals surface area (Å²) in [5, 5.41) is 3.39. The molecule has 3 N–H and O–H groups in total. The summed E-state index contributed by atoms with van der Waals surface area (Å²) in [5.41, 5.74) is 8.64. The predicted molar refractivity (Wildman–Crippen MR) is 89.4 cm³/mol. The lowest BCUT2D eigenvalue weighted by molar-refractivity contribution is -0.119. The Morgan fingerprint density at radius 1 is 1.04 bits per heavy atom. The quantitative estimate of drug-likeness (QED) is 0.652. The molecule has 0 aliphatic rings. The van der Waals surface area contributed by atoms with E-state index in [-0.39, 0.29) is 19.0 Å². The summed E-state index contributed by atoms with van der Waals surface area (Å²) in [6, 6.07) is 14.0. The van der Waals surface area contributed by atoms with Crippen molar-refractivity contribution < 1.29 is 26.7 Å². The van der Waals surface area contributed by atoms with E-state index in [4.69, 9.17) is 15.2 Å². The summed E-state index contributed by atoms with van der Waals surface area (Å²) in [6.07, 6.45) is 0. The highest BCUT2D eigenvalue weighted by Gasteiger charge is 2.07. The Kier molecular flexibility index (Phi) is 8.09. The molecule has 0 aromatic heterocycles. The number of aryl methyl sites for hydroxylation is 1. The highest BCUT2D eigenvalue weighted by atomic mass is 35.5. The van der Waals surface area contributed by atoms with Crippen molar-refractivity contribution in [3.05, 3.63) is 59.2 Å². The minimum atomic E-state index is -0.518. The summed E-state index contributed by atoms with van der Waals surface area (Å²) in [4.78, 5) is 10.8. The largest absolute Gasteiger partial charge is 1.00 e. The molecule has 0 bridgehead atoms. The zero-order valence-electron chi connectivity index (χ0n) is 13.8. The van der Waals surface area contributed by atoms with E-state index in [1.54, 1.807) is 13.2 Å². The lowest BCUT2D eigenvalue weighted by atomic mass is 10.1. The molecule has 0 fully saturated rings. The second-order valence-corrected chi connectivity index (χ2v) is 5.33. The highest BCUT2D eigenvalue weighted by Crippen LogP contribution is 2.28. The molecular weight excluding hydrogens is 328 g/mol. The Morgan fingerprint density at radius 3 is 2.29 bits per heavy atom. The molecule has 2 rings (SSSR count). The molecule has 0 saturated carbocycles. The van der Waals surface area contributed by atoms with E-state index in [2.05, 4.69) is 36.5 Å². The average molecular weight is 350 g/mol. The van der Waals surface area contributed by atoms with Gasteiger partial charge in [-0.25, -0.2) is 0 Å². The molecule has 0 radical (unpaired) electrons. The van der Waals surface area contributed by atoms with Gasteiger partial charge in [0, 0.05) is 13.1 Å². The zero-order valence-corrected chi connectivity index (χ0v) is 14.6. The standard InChI is InChI=1S/C18H22N2O3.ClH/c1-13-3-5-14(6-4-13)10-20-11-15-7-8-16(17(9-15)22-2)23-12-18(19)21;/h3-9,20H,10-12H2,1-2H3,(H2,19,21);1H/p-1. The molecule has 24 heavy (non-hydrogen) atoms. The smallest absolute Gasteiger partial charge is 0.255 e. The maximum Gasteiger partial charge on any atom is 0.255 e. The number of nitrogens with one attached hydrogen (secondary N) is 1. The van der Waals surface area contributed by atoms with Crippen molar-refractivity contribution in [3.63, 3.8) is 0 Å². The Hall–Kier alpha value is -2.24. The fraction of sp³-hybridized carbons (Fsp3) is 0.278. The number of ether oxygens (including phenoxy) is 2. The molecule has 2 aromatic rings. The van der Waals surface area contributed by atoms with Crippen LogP contribution in [0, 0.1) is 6.92 Å². The van der Waals surface area contributed by atoms with E-state index >= 15 is 0 Å². The van der Waals surface area contributed by atoms with Crippen LogP contribution < -0.4 is 32.9 Å². The Morgan fingerprint density at radius 2 is 1.67 bits per heavy atom. The van der Waals surface area contributed by atoms with Crippen molar-refractivity contribution in [2.75, 3.05) is 13.7 Å². The van der Waals surface area contributed by atoms with Gasteiger partial charge in [-0.3, -0.25) is 4.79 Å². The lowest BCUT2D eigenvalue weighted by Crippen LogP contribution is -3.00. The van der Waals surface area contributed by atoms with Crippen molar-refractivity contribution in [2.45, 2.75) is 20.0 Å². The molecule has 0 atom stereocenters. The van der Waals surface area contributed by atoms with Crippen LogP contribution in [0.25, 0.3) is 0 Å². The van der Waals surface area contributed by atoms with Gasteiger partial charge in [0.15, 0.2) is 18.1 Å². The van der Waals surface area contributed by atoms with Gasteiger partial charge in [0.1, 0.15) is 0 Å². The normalized spacial score (nSPS) is 9.92. The molecule has 1 amide bonds. The van der Waals surface area contributed by atoms with E-state index in [1.165, 1.54) is 11.1 Å². The summed E-state index contributed by atoms with van der Waals surface area (Å²) in [6.45, 7) is 3.41. The SMILES string of the molecule is COc1cc(CNCc2ccc(C)cc2)ccc1OCC(N)=O.[Cl-]. The molecule has 0 aliphatic carbocycles. The molecule has 5 nitrogen and oxygen atoms in total. The second-order valence-electron chi connectivity index (χ2n) is 5.33. The minimum Gasteiger partial charge on any atom is -1.00 e. The van der Waals surface area contributed by atoms with Gasteiger partial charge in [0.05, 0.1) is 7.11 Å². The number of carbonyl (C=O) groups is 1. The monoisotopic (exact) mass is 349 g/mol. The molecule has 0 heterocycles. The molecule has 6 heteroatoms. The predicted octanol–water partition coefficient (Wildman–Crippen LogP) is -0.838. The second kappa shape index (κ2) is 9.80. The van der Waals surface area contributed by atoms with Crippen LogP contribution in [-0.2, 0) is 17.9 Å². The van der Waals surface area contributed by atoms with Crippen LogP contribution in [0.4, 0.5) is 0 Å². The van der Waals surface area contributed by atoms with Crippen LogP contribution in [0.3, 0.4) is 0 Å². The minimum absolute atomic E-state index is 0. The first-order valence-electron chi connectivity index (χ1n) is 7.43. The topological polar surface area (TPSA) is 73.6 Å². The van der Waals surface area contributed by atoms with Gasteiger partial charge in [-0.15, -0.1) is 0 Å². The summed E-state index contributed by atoms with van der Waals surface area (Å²) in [7, 11) is 1.57. The average Bonchev–Trinajstić information content (AvgIpc) is 2.55. The number of benzene rings is 2. The third-order valence-electron chi connectivity index (χ3n) is 3.38. The number of carbonyl (C=O) groups excluding carboxylic acids is 1. The Balaban J connectivity index is 0.00000288. The number of hydrogen-bond acceptors (Lipinski definition) is 4. The fourth-order valence-electron chi connectivity index (χ4n) is 2.15. The summed E-state index contributed by atoms with van der Waals surface area (Å²) in [5.74, 6) is 0.574. The number of hydrogen-bond donors (Lipinski definition) is 2.